The topological polar surface area (TPSA) is 15.3 Å². The smallest absolute Gasteiger partial charge is 0.0193 e. The van der Waals surface area contributed by atoms with Crippen LogP contribution in [0.3, 0.4) is 0 Å². The van der Waals surface area contributed by atoms with Crippen molar-refractivity contribution < 1.29 is 0 Å². The van der Waals surface area contributed by atoms with E-state index >= 15 is 0 Å². The van der Waals surface area contributed by atoms with E-state index in [0.717, 1.165) is 19.5 Å². The highest BCUT2D eigenvalue weighted by Crippen LogP contribution is 2.16. The average molecular weight is 291 g/mol. The Hall–Kier alpha value is -1.09. The fraction of sp³-hybridized carbons (Fsp3) is 0.412. The molecule has 1 saturated heterocycles. The monoisotopic (exact) mass is 290 g/mol. The maximum Gasteiger partial charge on any atom is 0.0193 e. The number of piperazine rings is 1. The van der Waals surface area contributed by atoms with Crippen molar-refractivity contribution in [1.29, 1.82) is 0 Å². The third kappa shape index (κ3) is 3.51. The lowest BCUT2D eigenvalue weighted by Gasteiger charge is -2.33. The first-order valence-electron chi connectivity index (χ1n) is 7.25. The minimum absolute atomic E-state index is 0. The van der Waals surface area contributed by atoms with Crippen LogP contribution >= 0.6 is 12.4 Å². The van der Waals surface area contributed by atoms with Gasteiger partial charge in [-0.1, -0.05) is 42.5 Å². The second-order valence-corrected chi connectivity index (χ2v) is 5.52. The van der Waals surface area contributed by atoms with E-state index in [1.54, 1.807) is 0 Å². The van der Waals surface area contributed by atoms with Crippen LogP contribution in [0.1, 0.15) is 12.5 Å². The first-order valence-corrected chi connectivity index (χ1v) is 7.25. The van der Waals surface area contributed by atoms with Gasteiger partial charge in [0.15, 0.2) is 0 Å². The summed E-state index contributed by atoms with van der Waals surface area (Å²) in [5.74, 6) is 0. The Labute approximate surface area is 127 Å². The van der Waals surface area contributed by atoms with Crippen molar-refractivity contribution in [3.63, 3.8) is 0 Å². The Kier molecular flexibility index (Phi) is 5.41. The third-order valence-corrected chi connectivity index (χ3v) is 4.14. The van der Waals surface area contributed by atoms with Crippen molar-refractivity contribution in [3.05, 3.63) is 48.0 Å². The number of nitrogens with one attached hydrogen (secondary N) is 1. The quantitative estimate of drug-likeness (QED) is 0.934. The van der Waals surface area contributed by atoms with Crippen molar-refractivity contribution in [1.82, 2.24) is 10.2 Å². The molecule has 0 unspecified atom stereocenters. The Morgan fingerprint density at radius 3 is 2.75 bits per heavy atom. The Bertz CT molecular complexity index is 555. The van der Waals surface area contributed by atoms with Crippen LogP contribution in [0.4, 0.5) is 0 Å². The lowest BCUT2D eigenvalue weighted by atomic mass is 10.0. The molecule has 0 saturated carbocycles. The van der Waals surface area contributed by atoms with Crippen LogP contribution in [0.2, 0.25) is 0 Å². The third-order valence-electron chi connectivity index (χ3n) is 4.14. The molecule has 0 amide bonds. The zero-order chi connectivity index (χ0) is 13.1. The predicted molar refractivity (Wildman–Crippen MR) is 88.8 cm³/mol. The molecule has 2 nitrogen and oxygen atoms in total. The SMILES string of the molecule is C[C@H]1CNCCN1CCc1ccc2ccccc2c1.Cl. The first-order chi connectivity index (χ1) is 9.33. The molecule has 0 spiro atoms. The van der Waals surface area contributed by atoms with Crippen molar-refractivity contribution in [3.8, 4) is 0 Å². The number of rotatable bonds is 3. The number of nitrogens with zero attached hydrogens (tertiary/aromatic N) is 1. The van der Waals surface area contributed by atoms with E-state index in [1.807, 2.05) is 0 Å². The summed E-state index contributed by atoms with van der Waals surface area (Å²) in [5.41, 5.74) is 1.45. The van der Waals surface area contributed by atoms with Crippen LogP contribution in [0, 0.1) is 0 Å². The van der Waals surface area contributed by atoms with E-state index in [9.17, 15) is 0 Å². The number of hydrogen-bond donors (Lipinski definition) is 1. The number of hydrogen-bond acceptors (Lipinski definition) is 2. The predicted octanol–water partition coefficient (Wildman–Crippen LogP) is 3.10. The van der Waals surface area contributed by atoms with Gasteiger partial charge in [-0.2, -0.15) is 0 Å². The summed E-state index contributed by atoms with van der Waals surface area (Å²) in [5, 5.41) is 6.14. The zero-order valence-corrected chi connectivity index (χ0v) is 12.8. The van der Waals surface area contributed by atoms with Gasteiger partial charge < -0.3 is 5.32 Å². The van der Waals surface area contributed by atoms with Crippen LogP contribution in [-0.4, -0.2) is 37.1 Å². The van der Waals surface area contributed by atoms with Gasteiger partial charge in [-0.05, 0) is 29.7 Å². The van der Waals surface area contributed by atoms with E-state index in [4.69, 9.17) is 0 Å². The van der Waals surface area contributed by atoms with Gasteiger partial charge in [-0.3, -0.25) is 4.90 Å². The van der Waals surface area contributed by atoms with Gasteiger partial charge in [0, 0.05) is 32.2 Å². The molecule has 20 heavy (non-hydrogen) atoms. The Balaban J connectivity index is 0.00000147. The molecular weight excluding hydrogens is 268 g/mol. The molecule has 3 heteroatoms. The summed E-state index contributed by atoms with van der Waals surface area (Å²) in [7, 11) is 0. The number of benzene rings is 2. The standard InChI is InChI=1S/C17H22N2.ClH/c1-14-13-18-9-11-19(14)10-8-15-6-7-16-4-2-3-5-17(16)12-15;/h2-7,12,14,18H,8-11,13H2,1H3;1H/t14-;/m0./s1. The molecule has 0 bridgehead atoms. The van der Waals surface area contributed by atoms with Crippen LogP contribution in [-0.2, 0) is 6.42 Å². The molecule has 1 aliphatic heterocycles. The van der Waals surface area contributed by atoms with Crippen molar-refractivity contribution in [2.45, 2.75) is 19.4 Å². The fourth-order valence-electron chi connectivity index (χ4n) is 2.88. The van der Waals surface area contributed by atoms with E-state index in [-0.39, 0.29) is 12.4 Å². The van der Waals surface area contributed by atoms with E-state index < -0.39 is 0 Å². The van der Waals surface area contributed by atoms with Crippen LogP contribution in [0.5, 0.6) is 0 Å². The summed E-state index contributed by atoms with van der Waals surface area (Å²) >= 11 is 0. The van der Waals surface area contributed by atoms with Gasteiger partial charge in [-0.25, -0.2) is 0 Å². The summed E-state index contributed by atoms with van der Waals surface area (Å²) < 4.78 is 0. The molecule has 2 aromatic carbocycles. The van der Waals surface area contributed by atoms with Gasteiger partial charge in [0.2, 0.25) is 0 Å². The summed E-state index contributed by atoms with van der Waals surface area (Å²) in [6.07, 6.45) is 1.15. The second-order valence-electron chi connectivity index (χ2n) is 5.52. The average Bonchev–Trinajstić information content (AvgIpc) is 2.46. The first kappa shape index (κ1) is 15.3. The maximum atomic E-state index is 3.45. The van der Waals surface area contributed by atoms with Gasteiger partial charge in [0.05, 0.1) is 0 Å². The molecular formula is C17H23ClN2. The normalized spacial score (nSPS) is 19.8. The van der Waals surface area contributed by atoms with Gasteiger partial charge >= 0.3 is 0 Å². The van der Waals surface area contributed by atoms with Crippen molar-refractivity contribution >= 4 is 23.2 Å². The highest BCUT2D eigenvalue weighted by molar-refractivity contribution is 5.85. The molecule has 0 radical (unpaired) electrons. The van der Waals surface area contributed by atoms with E-state index in [1.165, 1.54) is 29.4 Å². The van der Waals surface area contributed by atoms with Gasteiger partial charge in [-0.15, -0.1) is 12.4 Å². The van der Waals surface area contributed by atoms with Crippen LogP contribution in [0.15, 0.2) is 42.5 Å². The second kappa shape index (κ2) is 7.07. The van der Waals surface area contributed by atoms with E-state index in [0.29, 0.717) is 6.04 Å². The molecule has 0 aliphatic carbocycles. The maximum absolute atomic E-state index is 3.45. The highest BCUT2D eigenvalue weighted by Gasteiger charge is 2.16. The molecule has 1 atom stereocenters. The molecule has 2 aromatic rings. The van der Waals surface area contributed by atoms with Crippen LogP contribution in [0.25, 0.3) is 10.8 Å². The van der Waals surface area contributed by atoms with Gasteiger partial charge in [0.1, 0.15) is 0 Å². The molecule has 1 N–H and O–H groups in total. The highest BCUT2D eigenvalue weighted by atomic mass is 35.5. The largest absolute Gasteiger partial charge is 0.314 e. The minimum Gasteiger partial charge on any atom is -0.314 e. The van der Waals surface area contributed by atoms with Gasteiger partial charge in [0.25, 0.3) is 0 Å². The molecule has 1 heterocycles. The number of fused-ring (bicyclic) bond motifs is 1. The Morgan fingerprint density at radius 1 is 1.15 bits per heavy atom. The zero-order valence-electron chi connectivity index (χ0n) is 12.0. The van der Waals surface area contributed by atoms with Crippen LogP contribution < -0.4 is 5.32 Å². The van der Waals surface area contributed by atoms with E-state index in [2.05, 4.69) is 59.6 Å². The summed E-state index contributed by atoms with van der Waals surface area (Å²) in [6, 6.07) is 16.1. The number of halogens is 1. The summed E-state index contributed by atoms with van der Waals surface area (Å²) in [4.78, 5) is 2.59. The molecule has 1 aliphatic rings. The molecule has 108 valence electrons. The Morgan fingerprint density at radius 2 is 1.95 bits per heavy atom. The minimum atomic E-state index is 0. The molecule has 1 fully saturated rings. The molecule has 0 aromatic heterocycles. The lowest BCUT2D eigenvalue weighted by Crippen LogP contribution is -2.50. The molecule has 3 rings (SSSR count). The fourth-order valence-corrected chi connectivity index (χ4v) is 2.88. The van der Waals surface area contributed by atoms with Crippen molar-refractivity contribution in [2.75, 3.05) is 26.2 Å². The summed E-state index contributed by atoms with van der Waals surface area (Å²) in [6.45, 7) is 6.91. The van der Waals surface area contributed by atoms with Crippen molar-refractivity contribution in [2.24, 2.45) is 0 Å². The lowest BCUT2D eigenvalue weighted by molar-refractivity contribution is 0.176.